The van der Waals surface area contributed by atoms with Crippen molar-refractivity contribution in [1.29, 1.82) is 0 Å². The summed E-state index contributed by atoms with van der Waals surface area (Å²) < 4.78 is 43.0. The van der Waals surface area contributed by atoms with Crippen molar-refractivity contribution in [2.75, 3.05) is 46.6 Å². The van der Waals surface area contributed by atoms with Crippen molar-refractivity contribution < 1.29 is 37.6 Å². The van der Waals surface area contributed by atoms with E-state index in [2.05, 4.69) is 18.2 Å². The van der Waals surface area contributed by atoms with Crippen LogP contribution in [0.5, 0.6) is 5.75 Å². The van der Waals surface area contributed by atoms with Crippen LogP contribution in [0.25, 0.3) is 11.1 Å². The van der Waals surface area contributed by atoms with Crippen molar-refractivity contribution in [2.24, 2.45) is 0 Å². The van der Waals surface area contributed by atoms with Gasteiger partial charge in [-0.15, -0.1) is 0 Å². The molecule has 9 nitrogen and oxygen atoms in total. The number of ether oxygens (including phenoxy) is 3. The topological polar surface area (TPSA) is 123 Å². The Balaban J connectivity index is 1.45. The summed E-state index contributed by atoms with van der Waals surface area (Å²) in [6.45, 7) is 2.85. The van der Waals surface area contributed by atoms with E-state index in [-0.39, 0.29) is 45.2 Å². The summed E-state index contributed by atoms with van der Waals surface area (Å²) in [5.41, 5.74) is 4.30. The second-order valence-corrected chi connectivity index (χ2v) is 12.3. The summed E-state index contributed by atoms with van der Waals surface area (Å²) >= 11 is 0. The van der Waals surface area contributed by atoms with E-state index < -0.39 is 26.8 Å². The van der Waals surface area contributed by atoms with E-state index in [4.69, 9.17) is 19.3 Å². The van der Waals surface area contributed by atoms with Crippen LogP contribution in [0, 0.1) is 6.92 Å². The average molecular weight is 548 g/mol. The number of hydrogen-bond donors (Lipinski definition) is 2. The van der Waals surface area contributed by atoms with Crippen molar-refractivity contribution in [3.05, 3.63) is 53.6 Å². The first-order chi connectivity index (χ1) is 18.2. The number of benzene rings is 2. The van der Waals surface area contributed by atoms with Gasteiger partial charge in [-0.25, -0.2) is 12.7 Å². The fraction of sp³-hybridized carbons (Fsp3) is 0.536. The molecule has 2 aliphatic heterocycles. The normalized spacial score (nSPS) is 19.6. The second kappa shape index (κ2) is 12.1. The molecule has 0 amide bonds. The minimum atomic E-state index is -3.89. The zero-order valence-electron chi connectivity index (χ0n) is 22.0. The Morgan fingerprint density at radius 1 is 1.16 bits per heavy atom. The van der Waals surface area contributed by atoms with Gasteiger partial charge in [0.25, 0.3) is 0 Å². The van der Waals surface area contributed by atoms with Crippen molar-refractivity contribution in [3.8, 4) is 16.9 Å². The van der Waals surface area contributed by atoms with E-state index in [1.54, 1.807) is 0 Å². The third-order valence-corrected chi connectivity index (χ3v) is 10.3. The smallest absolute Gasteiger partial charge is 0.328 e. The van der Waals surface area contributed by atoms with E-state index in [1.165, 1.54) is 11.4 Å². The highest BCUT2D eigenvalue weighted by atomic mass is 32.2. The van der Waals surface area contributed by atoms with Crippen molar-refractivity contribution in [2.45, 2.75) is 49.4 Å². The van der Waals surface area contributed by atoms with Gasteiger partial charge in [0.1, 0.15) is 18.5 Å². The highest BCUT2D eigenvalue weighted by Gasteiger charge is 2.55. The lowest BCUT2D eigenvalue weighted by Crippen LogP contribution is -2.57. The molecule has 0 aromatic heterocycles. The Morgan fingerprint density at radius 3 is 2.50 bits per heavy atom. The number of carbonyl (C=O) groups is 1. The van der Waals surface area contributed by atoms with Gasteiger partial charge in [-0.1, -0.05) is 30.3 Å². The highest BCUT2D eigenvalue weighted by Crippen LogP contribution is 2.38. The molecule has 0 bridgehead atoms. The Kier molecular flexibility index (Phi) is 9.10. The van der Waals surface area contributed by atoms with Gasteiger partial charge in [0.15, 0.2) is 4.75 Å². The molecule has 2 heterocycles. The fourth-order valence-corrected chi connectivity index (χ4v) is 7.56. The molecule has 0 radical (unpaired) electrons. The molecular weight excluding hydrogens is 510 g/mol. The van der Waals surface area contributed by atoms with E-state index in [0.717, 1.165) is 22.3 Å². The number of aliphatic hydroxyl groups excluding tert-OH is 2. The molecule has 208 valence electrons. The van der Waals surface area contributed by atoms with E-state index >= 15 is 0 Å². The van der Waals surface area contributed by atoms with Crippen LogP contribution in [0.15, 0.2) is 42.5 Å². The zero-order valence-corrected chi connectivity index (χ0v) is 22.8. The molecule has 2 aromatic carbocycles. The van der Waals surface area contributed by atoms with Gasteiger partial charge < -0.3 is 24.4 Å². The molecule has 2 N–H and O–H groups in total. The summed E-state index contributed by atoms with van der Waals surface area (Å²) in [6, 6.07) is 13.9. The van der Waals surface area contributed by atoms with E-state index in [0.29, 0.717) is 31.7 Å². The van der Waals surface area contributed by atoms with Crippen LogP contribution in [0.2, 0.25) is 0 Å². The van der Waals surface area contributed by atoms with Crippen LogP contribution < -0.4 is 4.74 Å². The molecule has 1 atom stereocenters. The lowest BCUT2D eigenvalue weighted by Gasteiger charge is -2.40. The Morgan fingerprint density at radius 2 is 1.87 bits per heavy atom. The van der Waals surface area contributed by atoms with Gasteiger partial charge in [0.2, 0.25) is 10.0 Å². The Hall–Kier alpha value is -2.50. The molecular formula is C28H37NO8S. The minimum absolute atomic E-state index is 0.0147. The van der Waals surface area contributed by atoms with Crippen molar-refractivity contribution in [1.82, 2.24) is 4.31 Å². The van der Waals surface area contributed by atoms with Crippen LogP contribution in [0.1, 0.15) is 42.7 Å². The number of aryl methyl sites for hydroxylation is 1. The molecule has 0 saturated carbocycles. The first kappa shape index (κ1) is 28.5. The van der Waals surface area contributed by atoms with Crippen molar-refractivity contribution >= 4 is 16.0 Å². The van der Waals surface area contributed by atoms with E-state index in [9.17, 15) is 18.3 Å². The van der Waals surface area contributed by atoms with Gasteiger partial charge in [-0.2, -0.15) is 0 Å². The largest absolute Gasteiger partial charge is 0.491 e. The maximum absolute atomic E-state index is 13.6. The number of esters is 1. The average Bonchev–Trinajstić information content (AvgIpc) is 2.95. The molecule has 0 unspecified atom stereocenters. The van der Waals surface area contributed by atoms with Gasteiger partial charge in [0, 0.05) is 39.1 Å². The molecule has 38 heavy (non-hydrogen) atoms. The number of nitrogens with zero attached hydrogens (tertiary/aromatic N) is 1. The second-order valence-electron chi connectivity index (χ2n) is 10.0. The van der Waals surface area contributed by atoms with Crippen LogP contribution in [0.4, 0.5) is 0 Å². The third-order valence-electron chi connectivity index (χ3n) is 7.67. The van der Waals surface area contributed by atoms with Gasteiger partial charge in [0.05, 0.1) is 13.7 Å². The Labute approximate surface area is 224 Å². The summed E-state index contributed by atoms with van der Waals surface area (Å²) in [6.07, 6.45) is 0.627. The van der Waals surface area contributed by atoms with Crippen molar-refractivity contribution in [3.63, 3.8) is 0 Å². The predicted molar refractivity (Wildman–Crippen MR) is 142 cm³/mol. The molecule has 0 aliphatic carbocycles. The molecule has 4 rings (SSSR count). The van der Waals surface area contributed by atoms with Crippen LogP contribution in [-0.4, -0.2) is 86.4 Å². The standard InChI is InChI=1S/C28H37NO8S/c1-20-16-22(6-7-26(20)23-4-3-5-25(17-23)37-19-24(31)18-30)21-8-12-29(13-9-21)38(33,34)28(27(32)35-2)10-14-36-15-11-28/h3-7,16-17,21,24,30-31H,8-15,18-19H2,1-2H3/t24-/m1/s1. The number of methoxy groups -OCH3 is 1. The number of sulfonamides is 1. The molecule has 2 saturated heterocycles. The monoisotopic (exact) mass is 547 g/mol. The van der Waals surface area contributed by atoms with Gasteiger partial charge >= 0.3 is 5.97 Å². The summed E-state index contributed by atoms with van der Waals surface area (Å²) in [5.74, 6) is 0.127. The number of rotatable bonds is 9. The predicted octanol–water partition coefficient (Wildman–Crippen LogP) is 2.63. The highest BCUT2D eigenvalue weighted by molar-refractivity contribution is 7.91. The lowest BCUT2D eigenvalue weighted by atomic mass is 9.87. The summed E-state index contributed by atoms with van der Waals surface area (Å²) in [7, 11) is -2.66. The SMILES string of the molecule is COC(=O)C1(S(=O)(=O)N2CCC(c3ccc(-c4cccc(OC[C@H](O)CO)c4)c(C)c3)CC2)CCOCC1. The zero-order chi connectivity index (χ0) is 27.3. The maximum Gasteiger partial charge on any atom is 0.328 e. The minimum Gasteiger partial charge on any atom is -0.491 e. The van der Waals surface area contributed by atoms with Gasteiger partial charge in [-0.3, -0.25) is 4.79 Å². The first-order valence-electron chi connectivity index (χ1n) is 13.0. The molecule has 2 aliphatic rings. The molecule has 0 spiro atoms. The van der Waals surface area contributed by atoms with Crippen LogP contribution in [-0.2, 0) is 24.3 Å². The van der Waals surface area contributed by atoms with Gasteiger partial charge in [-0.05, 0) is 60.1 Å². The lowest BCUT2D eigenvalue weighted by molar-refractivity contribution is -0.146. The number of aliphatic hydroxyl groups is 2. The number of carbonyl (C=O) groups excluding carboxylic acids is 1. The maximum atomic E-state index is 13.6. The molecule has 10 heteroatoms. The summed E-state index contributed by atoms with van der Waals surface area (Å²) in [5, 5.41) is 18.5. The summed E-state index contributed by atoms with van der Waals surface area (Å²) in [4.78, 5) is 12.6. The quantitative estimate of drug-likeness (QED) is 0.460. The number of piperidine rings is 1. The third kappa shape index (κ3) is 5.74. The van der Waals surface area contributed by atoms with Crippen LogP contribution in [0.3, 0.4) is 0 Å². The van der Waals surface area contributed by atoms with Crippen LogP contribution >= 0.6 is 0 Å². The number of hydrogen-bond acceptors (Lipinski definition) is 8. The first-order valence-corrected chi connectivity index (χ1v) is 14.4. The molecule has 2 aromatic rings. The Bertz CT molecular complexity index is 1220. The fourth-order valence-electron chi connectivity index (χ4n) is 5.39. The molecule has 2 fully saturated rings. The van der Waals surface area contributed by atoms with E-state index in [1.807, 2.05) is 31.2 Å².